The Balaban J connectivity index is 1.57. The summed E-state index contributed by atoms with van der Waals surface area (Å²) in [7, 11) is 0. The summed E-state index contributed by atoms with van der Waals surface area (Å²) in [6.07, 6.45) is 2.15. The Morgan fingerprint density at radius 1 is 1.17 bits per heavy atom. The van der Waals surface area contributed by atoms with Gasteiger partial charge < -0.3 is 4.57 Å². The minimum Gasteiger partial charge on any atom is -0.332 e. The van der Waals surface area contributed by atoms with Crippen molar-refractivity contribution in [2.24, 2.45) is 0 Å². The van der Waals surface area contributed by atoms with Crippen molar-refractivity contribution in [1.29, 1.82) is 0 Å². The Morgan fingerprint density at radius 2 is 1.96 bits per heavy atom. The van der Waals surface area contributed by atoms with Gasteiger partial charge in [-0.15, -0.1) is 0 Å². The van der Waals surface area contributed by atoms with Crippen LogP contribution in [0.25, 0.3) is 11.3 Å². The van der Waals surface area contributed by atoms with Crippen LogP contribution in [-0.2, 0) is 13.1 Å². The fourth-order valence-corrected chi connectivity index (χ4v) is 3.56. The summed E-state index contributed by atoms with van der Waals surface area (Å²) >= 11 is 0. The molecule has 124 valence electrons. The van der Waals surface area contributed by atoms with Crippen molar-refractivity contribution >= 4 is 0 Å². The van der Waals surface area contributed by atoms with Crippen molar-refractivity contribution in [3.63, 3.8) is 0 Å². The van der Waals surface area contributed by atoms with Crippen molar-refractivity contribution in [1.82, 2.24) is 24.6 Å². The topological polar surface area (TPSA) is 49.7 Å². The monoisotopic (exact) mass is 321 g/mol. The molecule has 0 saturated carbocycles. The van der Waals surface area contributed by atoms with E-state index >= 15 is 0 Å². The number of nitrogens with zero attached hydrogens (tertiary/aromatic N) is 4. The minimum absolute atomic E-state index is 0.315. The predicted octanol–water partition coefficient (Wildman–Crippen LogP) is 3.47. The van der Waals surface area contributed by atoms with Gasteiger partial charge in [-0.05, 0) is 26.3 Å². The first-order chi connectivity index (χ1) is 11.6. The molecule has 3 aromatic rings. The lowest BCUT2D eigenvalue weighted by molar-refractivity contribution is 0.154. The highest BCUT2D eigenvalue weighted by Crippen LogP contribution is 2.28. The zero-order valence-corrected chi connectivity index (χ0v) is 14.5. The van der Waals surface area contributed by atoms with Crippen molar-refractivity contribution in [2.75, 3.05) is 6.54 Å². The second kappa shape index (κ2) is 5.91. The molecule has 1 N–H and O–H groups in total. The van der Waals surface area contributed by atoms with Crippen LogP contribution < -0.4 is 0 Å². The van der Waals surface area contributed by atoms with E-state index in [1.807, 2.05) is 6.07 Å². The van der Waals surface area contributed by atoms with E-state index in [1.165, 1.54) is 17.1 Å². The van der Waals surface area contributed by atoms with Gasteiger partial charge in [-0.3, -0.25) is 10.00 Å². The van der Waals surface area contributed by atoms with Crippen LogP contribution in [0, 0.1) is 13.8 Å². The predicted molar refractivity (Wildman–Crippen MR) is 94.5 cm³/mol. The summed E-state index contributed by atoms with van der Waals surface area (Å²) in [6.45, 7) is 9.36. The number of aromatic nitrogens is 4. The van der Waals surface area contributed by atoms with Gasteiger partial charge in [0.15, 0.2) is 0 Å². The fourth-order valence-electron chi connectivity index (χ4n) is 3.56. The molecule has 1 aliphatic heterocycles. The second-order valence-corrected chi connectivity index (χ2v) is 6.62. The highest BCUT2D eigenvalue weighted by atomic mass is 15.3. The molecule has 1 unspecified atom stereocenters. The summed E-state index contributed by atoms with van der Waals surface area (Å²) in [4.78, 5) is 7.16. The maximum atomic E-state index is 4.69. The fraction of sp³-hybridized carbons (Fsp3) is 0.368. The van der Waals surface area contributed by atoms with Gasteiger partial charge in [-0.25, -0.2) is 4.98 Å². The van der Waals surface area contributed by atoms with Crippen LogP contribution in [0.3, 0.4) is 0 Å². The van der Waals surface area contributed by atoms with Crippen LogP contribution in [0.1, 0.15) is 35.7 Å². The van der Waals surface area contributed by atoms with Gasteiger partial charge in [0.1, 0.15) is 5.82 Å². The van der Waals surface area contributed by atoms with Crippen molar-refractivity contribution in [2.45, 2.75) is 39.9 Å². The first kappa shape index (κ1) is 15.1. The van der Waals surface area contributed by atoms with E-state index in [9.17, 15) is 0 Å². The highest BCUT2D eigenvalue weighted by molar-refractivity contribution is 5.63. The molecular formula is C19H23N5. The van der Waals surface area contributed by atoms with Crippen molar-refractivity contribution < 1.29 is 0 Å². The molecule has 0 spiro atoms. The van der Waals surface area contributed by atoms with Crippen molar-refractivity contribution in [3.8, 4) is 11.3 Å². The largest absolute Gasteiger partial charge is 0.332 e. The van der Waals surface area contributed by atoms with Crippen LogP contribution in [0.5, 0.6) is 0 Å². The standard InChI is InChI=1S/C19H23N5/c1-13-11-24-10-9-23(15(3)19(24)20-13)12-17-14(2)18(22-21-17)16-7-5-4-6-8-16/h4-8,11,15H,9-10,12H2,1-3H3,(H,21,22). The van der Waals surface area contributed by atoms with Crippen LogP contribution >= 0.6 is 0 Å². The molecule has 0 bridgehead atoms. The summed E-state index contributed by atoms with van der Waals surface area (Å²) in [6, 6.07) is 10.7. The summed E-state index contributed by atoms with van der Waals surface area (Å²) in [5.41, 5.74) is 5.74. The summed E-state index contributed by atoms with van der Waals surface area (Å²) < 4.78 is 2.28. The number of benzene rings is 1. The van der Waals surface area contributed by atoms with E-state index in [1.54, 1.807) is 0 Å². The third kappa shape index (κ3) is 2.55. The Morgan fingerprint density at radius 3 is 2.75 bits per heavy atom. The normalized spacial score (nSPS) is 17.9. The second-order valence-electron chi connectivity index (χ2n) is 6.62. The van der Waals surface area contributed by atoms with E-state index in [0.717, 1.165) is 36.6 Å². The number of aromatic amines is 1. The molecule has 1 atom stereocenters. The van der Waals surface area contributed by atoms with Gasteiger partial charge >= 0.3 is 0 Å². The van der Waals surface area contributed by atoms with Crippen LogP contribution in [-0.4, -0.2) is 31.2 Å². The maximum absolute atomic E-state index is 4.69. The lowest BCUT2D eigenvalue weighted by Gasteiger charge is -2.33. The molecule has 24 heavy (non-hydrogen) atoms. The van der Waals surface area contributed by atoms with Gasteiger partial charge in [0.05, 0.1) is 23.1 Å². The molecule has 0 radical (unpaired) electrons. The smallest absolute Gasteiger partial charge is 0.126 e. The quantitative estimate of drug-likeness (QED) is 0.803. The molecule has 5 nitrogen and oxygen atoms in total. The molecule has 4 rings (SSSR count). The first-order valence-electron chi connectivity index (χ1n) is 8.50. The average Bonchev–Trinajstić information content (AvgIpc) is 3.14. The lowest BCUT2D eigenvalue weighted by Crippen LogP contribution is -2.36. The molecule has 0 fully saturated rings. The zero-order chi connectivity index (χ0) is 16.7. The van der Waals surface area contributed by atoms with Gasteiger partial charge in [0, 0.05) is 31.4 Å². The Hall–Kier alpha value is -2.40. The van der Waals surface area contributed by atoms with E-state index in [-0.39, 0.29) is 0 Å². The molecule has 1 aliphatic rings. The van der Waals surface area contributed by atoms with E-state index in [0.29, 0.717) is 6.04 Å². The third-order valence-corrected chi connectivity index (χ3v) is 5.00. The molecular weight excluding hydrogens is 298 g/mol. The van der Waals surface area contributed by atoms with Gasteiger partial charge in [-0.2, -0.15) is 5.10 Å². The summed E-state index contributed by atoms with van der Waals surface area (Å²) in [5.74, 6) is 1.17. The first-order valence-corrected chi connectivity index (χ1v) is 8.50. The van der Waals surface area contributed by atoms with E-state index in [4.69, 9.17) is 4.98 Å². The molecule has 3 heterocycles. The lowest BCUT2D eigenvalue weighted by atomic mass is 10.1. The SMILES string of the molecule is Cc1cn2c(n1)C(C)N(Cc1[nH]nc(-c3ccccc3)c1C)CC2. The van der Waals surface area contributed by atoms with Gasteiger partial charge in [0.25, 0.3) is 0 Å². The summed E-state index contributed by atoms with van der Waals surface area (Å²) in [5, 5.41) is 7.80. The molecule has 0 amide bonds. The molecule has 0 saturated heterocycles. The van der Waals surface area contributed by atoms with Crippen LogP contribution in [0.15, 0.2) is 36.5 Å². The Labute approximate surface area is 142 Å². The maximum Gasteiger partial charge on any atom is 0.126 e. The van der Waals surface area contributed by atoms with Gasteiger partial charge in [-0.1, -0.05) is 30.3 Å². The molecule has 2 aromatic heterocycles. The number of fused-ring (bicyclic) bond motifs is 1. The number of hydrogen-bond acceptors (Lipinski definition) is 3. The van der Waals surface area contributed by atoms with Crippen molar-refractivity contribution in [3.05, 3.63) is 59.3 Å². The van der Waals surface area contributed by atoms with E-state index in [2.05, 4.69) is 70.9 Å². The van der Waals surface area contributed by atoms with Crippen LogP contribution in [0.4, 0.5) is 0 Å². The number of hydrogen-bond donors (Lipinski definition) is 1. The Bertz CT molecular complexity index is 846. The molecule has 5 heteroatoms. The number of H-pyrrole nitrogens is 1. The number of rotatable bonds is 3. The molecule has 1 aromatic carbocycles. The third-order valence-electron chi connectivity index (χ3n) is 5.00. The number of nitrogens with one attached hydrogen (secondary N) is 1. The zero-order valence-electron chi connectivity index (χ0n) is 14.5. The highest BCUT2D eigenvalue weighted by Gasteiger charge is 2.26. The average molecular weight is 321 g/mol. The van der Waals surface area contributed by atoms with E-state index < -0.39 is 0 Å². The minimum atomic E-state index is 0.315. The van der Waals surface area contributed by atoms with Crippen LogP contribution in [0.2, 0.25) is 0 Å². The Kier molecular flexibility index (Phi) is 3.73. The number of aryl methyl sites for hydroxylation is 1. The van der Waals surface area contributed by atoms with Gasteiger partial charge in [0.2, 0.25) is 0 Å². The molecule has 0 aliphatic carbocycles. The number of imidazole rings is 1.